The summed E-state index contributed by atoms with van der Waals surface area (Å²) in [6, 6.07) is 17.4. The third-order valence-corrected chi connectivity index (χ3v) is 6.99. The number of sulfonamides is 1. The molecule has 34 heavy (non-hydrogen) atoms. The van der Waals surface area contributed by atoms with Crippen molar-refractivity contribution in [2.75, 3.05) is 24.8 Å². The van der Waals surface area contributed by atoms with Gasteiger partial charge in [-0.3, -0.25) is 9.59 Å². The first-order chi connectivity index (χ1) is 16.1. The third kappa shape index (κ3) is 6.13. The minimum absolute atomic E-state index is 0.0132. The number of carbonyl (C=O) groups excluding carboxylic acids is 2. The lowest BCUT2D eigenvalue weighted by Gasteiger charge is -2.19. The number of amides is 2. The first-order valence-corrected chi connectivity index (χ1v) is 12.0. The monoisotopic (exact) mass is 501 g/mol. The molecule has 0 bridgehead atoms. The summed E-state index contributed by atoms with van der Waals surface area (Å²) in [6.07, 6.45) is 0. The van der Waals surface area contributed by atoms with Crippen LogP contribution in [-0.4, -0.2) is 38.7 Å². The molecule has 0 heterocycles. The lowest BCUT2D eigenvalue weighted by atomic mass is 10.1. The predicted octanol–water partition coefficient (Wildman–Crippen LogP) is 4.38. The summed E-state index contributed by atoms with van der Waals surface area (Å²) in [4.78, 5) is 24.0. The van der Waals surface area contributed by atoms with Gasteiger partial charge in [0.25, 0.3) is 5.91 Å². The van der Waals surface area contributed by atoms with Gasteiger partial charge in [0.05, 0.1) is 12.0 Å². The predicted molar refractivity (Wildman–Crippen MR) is 132 cm³/mol. The minimum Gasteiger partial charge on any atom is -0.496 e. The molecule has 0 saturated carbocycles. The van der Waals surface area contributed by atoms with E-state index in [4.69, 9.17) is 16.3 Å². The summed E-state index contributed by atoms with van der Waals surface area (Å²) in [5.41, 5.74) is 2.01. The first kappa shape index (κ1) is 25.2. The Morgan fingerprint density at radius 3 is 2.09 bits per heavy atom. The van der Waals surface area contributed by atoms with E-state index in [-0.39, 0.29) is 23.3 Å². The van der Waals surface area contributed by atoms with Gasteiger partial charge in [0.2, 0.25) is 15.9 Å². The maximum absolute atomic E-state index is 12.9. The first-order valence-electron chi connectivity index (χ1n) is 10.2. The standard InChI is InChI=1S/C24H24ClN3O5S/c1-16(29)26-20-7-9-21(10-8-20)27-24(30)17-4-13-23(33-3)18(14-17)15-28(2)34(31,32)22-11-5-19(25)6-12-22/h4-14H,15H2,1-3H3,(H,26,29)(H,27,30). The Morgan fingerprint density at radius 2 is 1.53 bits per heavy atom. The Labute approximate surface area is 203 Å². The second kappa shape index (κ2) is 10.7. The van der Waals surface area contributed by atoms with Crippen molar-refractivity contribution in [3.8, 4) is 5.75 Å². The highest BCUT2D eigenvalue weighted by molar-refractivity contribution is 7.89. The summed E-state index contributed by atoms with van der Waals surface area (Å²) < 4.78 is 32.4. The molecule has 0 fully saturated rings. The van der Waals surface area contributed by atoms with Crippen LogP contribution in [0.4, 0.5) is 11.4 Å². The van der Waals surface area contributed by atoms with Gasteiger partial charge in [-0.2, -0.15) is 4.31 Å². The van der Waals surface area contributed by atoms with E-state index in [1.165, 1.54) is 49.7 Å². The number of benzene rings is 3. The van der Waals surface area contributed by atoms with E-state index >= 15 is 0 Å². The van der Waals surface area contributed by atoms with Crippen molar-refractivity contribution in [3.05, 3.63) is 82.9 Å². The van der Waals surface area contributed by atoms with E-state index in [9.17, 15) is 18.0 Å². The zero-order valence-electron chi connectivity index (χ0n) is 18.8. The van der Waals surface area contributed by atoms with Gasteiger partial charge >= 0.3 is 0 Å². The van der Waals surface area contributed by atoms with Gasteiger partial charge in [-0.25, -0.2) is 8.42 Å². The van der Waals surface area contributed by atoms with Gasteiger partial charge in [0, 0.05) is 48.0 Å². The molecule has 0 spiro atoms. The molecular weight excluding hydrogens is 478 g/mol. The van der Waals surface area contributed by atoms with Crippen molar-refractivity contribution in [2.45, 2.75) is 18.4 Å². The Hall–Kier alpha value is -3.40. The lowest BCUT2D eigenvalue weighted by molar-refractivity contribution is -0.114. The molecule has 10 heteroatoms. The molecule has 8 nitrogen and oxygen atoms in total. The summed E-state index contributed by atoms with van der Waals surface area (Å²) in [7, 11) is -0.858. The van der Waals surface area contributed by atoms with E-state index in [2.05, 4.69) is 10.6 Å². The highest BCUT2D eigenvalue weighted by Gasteiger charge is 2.22. The van der Waals surface area contributed by atoms with Crippen molar-refractivity contribution >= 4 is 44.8 Å². The van der Waals surface area contributed by atoms with Crippen LogP contribution in [0.1, 0.15) is 22.8 Å². The van der Waals surface area contributed by atoms with E-state index in [1.807, 2.05) is 0 Å². The van der Waals surface area contributed by atoms with Crippen molar-refractivity contribution in [2.24, 2.45) is 0 Å². The van der Waals surface area contributed by atoms with Crippen LogP contribution in [0.2, 0.25) is 5.02 Å². The van der Waals surface area contributed by atoms with Gasteiger partial charge < -0.3 is 15.4 Å². The van der Waals surface area contributed by atoms with E-state index in [0.717, 1.165) is 0 Å². The van der Waals surface area contributed by atoms with Crippen LogP contribution in [0.25, 0.3) is 0 Å². The molecule has 3 aromatic carbocycles. The zero-order valence-corrected chi connectivity index (χ0v) is 20.4. The number of methoxy groups -OCH3 is 1. The van der Waals surface area contributed by atoms with Crippen molar-refractivity contribution in [1.29, 1.82) is 0 Å². The highest BCUT2D eigenvalue weighted by atomic mass is 35.5. The number of hydrogen-bond acceptors (Lipinski definition) is 5. The van der Waals surface area contributed by atoms with Crippen LogP contribution in [0, 0.1) is 0 Å². The maximum atomic E-state index is 12.9. The van der Waals surface area contributed by atoms with Crippen LogP contribution in [-0.2, 0) is 21.4 Å². The molecule has 0 radical (unpaired) electrons. The fourth-order valence-corrected chi connectivity index (χ4v) is 4.47. The number of hydrogen-bond donors (Lipinski definition) is 2. The van der Waals surface area contributed by atoms with Crippen molar-refractivity contribution in [1.82, 2.24) is 4.31 Å². The third-order valence-electron chi connectivity index (χ3n) is 4.92. The molecule has 0 aromatic heterocycles. The molecule has 3 rings (SSSR count). The number of anilines is 2. The average molecular weight is 502 g/mol. The quantitative estimate of drug-likeness (QED) is 0.476. The molecule has 0 atom stereocenters. The minimum atomic E-state index is -3.78. The van der Waals surface area contributed by atoms with Crippen molar-refractivity contribution in [3.63, 3.8) is 0 Å². The summed E-state index contributed by atoms with van der Waals surface area (Å²) in [5, 5.41) is 5.87. The molecule has 0 aliphatic carbocycles. The molecule has 3 aromatic rings. The fourth-order valence-electron chi connectivity index (χ4n) is 3.20. The smallest absolute Gasteiger partial charge is 0.255 e. The normalized spacial score (nSPS) is 11.2. The summed E-state index contributed by atoms with van der Waals surface area (Å²) >= 11 is 5.86. The topological polar surface area (TPSA) is 105 Å². The summed E-state index contributed by atoms with van der Waals surface area (Å²) in [6.45, 7) is 1.40. The Bertz CT molecular complexity index is 1290. The van der Waals surface area contributed by atoms with E-state index in [1.54, 1.807) is 42.5 Å². The number of rotatable bonds is 8. The van der Waals surface area contributed by atoms with E-state index in [0.29, 0.717) is 33.3 Å². The molecule has 0 saturated heterocycles. The van der Waals surface area contributed by atoms with Crippen LogP contribution in [0.3, 0.4) is 0 Å². The SMILES string of the molecule is COc1ccc(C(=O)Nc2ccc(NC(C)=O)cc2)cc1CN(C)S(=O)(=O)c1ccc(Cl)cc1. The number of halogens is 1. The molecule has 2 N–H and O–H groups in total. The lowest BCUT2D eigenvalue weighted by Crippen LogP contribution is -2.27. The second-order valence-corrected chi connectivity index (χ2v) is 9.94. The van der Waals surface area contributed by atoms with Gasteiger partial charge in [-0.15, -0.1) is 0 Å². The van der Waals surface area contributed by atoms with Crippen LogP contribution < -0.4 is 15.4 Å². The van der Waals surface area contributed by atoms with E-state index < -0.39 is 10.0 Å². The van der Waals surface area contributed by atoms with Crippen molar-refractivity contribution < 1.29 is 22.7 Å². The second-order valence-electron chi connectivity index (χ2n) is 7.45. The molecule has 0 unspecified atom stereocenters. The highest BCUT2D eigenvalue weighted by Crippen LogP contribution is 2.25. The molecular formula is C24H24ClN3O5S. The Balaban J connectivity index is 1.79. The average Bonchev–Trinajstić information content (AvgIpc) is 2.80. The van der Waals surface area contributed by atoms with Gasteiger partial charge in [0.1, 0.15) is 5.75 Å². The molecule has 0 aliphatic heterocycles. The largest absolute Gasteiger partial charge is 0.496 e. The van der Waals surface area contributed by atoms with Crippen LogP contribution >= 0.6 is 11.6 Å². The Morgan fingerprint density at radius 1 is 0.941 bits per heavy atom. The molecule has 178 valence electrons. The maximum Gasteiger partial charge on any atom is 0.255 e. The van der Waals surface area contributed by atoms with Crippen LogP contribution in [0.15, 0.2) is 71.6 Å². The number of carbonyl (C=O) groups is 2. The zero-order chi connectivity index (χ0) is 24.9. The van der Waals surface area contributed by atoms with Gasteiger partial charge in [-0.05, 0) is 66.7 Å². The Kier molecular flexibility index (Phi) is 7.93. The summed E-state index contributed by atoms with van der Waals surface area (Å²) in [5.74, 6) is -0.112. The van der Waals surface area contributed by atoms with Crippen LogP contribution in [0.5, 0.6) is 5.75 Å². The number of nitrogens with zero attached hydrogens (tertiary/aromatic N) is 1. The number of nitrogens with one attached hydrogen (secondary N) is 2. The number of ether oxygens (including phenoxy) is 1. The fraction of sp³-hybridized carbons (Fsp3) is 0.167. The van der Waals surface area contributed by atoms with Gasteiger partial charge in [-0.1, -0.05) is 11.6 Å². The molecule has 2 amide bonds. The molecule has 0 aliphatic rings. The van der Waals surface area contributed by atoms with Gasteiger partial charge in [0.15, 0.2) is 0 Å².